The molecule has 2 heterocycles. The maximum atomic E-state index is 4.26. The Bertz CT molecular complexity index is 473. The van der Waals surface area contributed by atoms with Crippen molar-refractivity contribution in [3.63, 3.8) is 0 Å². The van der Waals surface area contributed by atoms with E-state index in [1.54, 1.807) is 11.3 Å². The van der Waals surface area contributed by atoms with E-state index in [4.69, 9.17) is 0 Å². The van der Waals surface area contributed by atoms with Crippen molar-refractivity contribution in [2.45, 2.75) is 27.3 Å². The average Bonchev–Trinajstić information content (AvgIpc) is 2.82. The van der Waals surface area contributed by atoms with Crippen LogP contribution in [0.25, 0.3) is 0 Å². The zero-order chi connectivity index (χ0) is 11.5. The molecule has 0 saturated heterocycles. The highest BCUT2D eigenvalue weighted by Gasteiger charge is 2.07. The summed E-state index contributed by atoms with van der Waals surface area (Å²) in [6.07, 6.45) is 1.85. The highest BCUT2D eigenvalue weighted by molar-refractivity contribution is 7.15. The first-order valence-electron chi connectivity index (χ1n) is 5.25. The topological polar surface area (TPSA) is 55.6 Å². The summed E-state index contributed by atoms with van der Waals surface area (Å²) in [5.74, 6) is 0. The van der Waals surface area contributed by atoms with Gasteiger partial charge in [-0.15, -0.1) is 10.2 Å². The quantitative estimate of drug-likeness (QED) is 0.881. The van der Waals surface area contributed by atoms with Gasteiger partial charge in [-0.3, -0.25) is 0 Å². The standard InChI is InChI=1S/C10H15N5S/c1-4-11-10-14-13-9(16-10)5-15-6-12-7(2)8(15)3/h6H,4-5H2,1-3H3,(H,11,14). The van der Waals surface area contributed by atoms with Crippen LogP contribution in [0.3, 0.4) is 0 Å². The Labute approximate surface area is 98.5 Å². The van der Waals surface area contributed by atoms with Crippen LogP contribution in [-0.2, 0) is 6.54 Å². The molecular formula is C10H15N5S. The Kier molecular flexibility index (Phi) is 3.19. The minimum absolute atomic E-state index is 0.746. The molecule has 86 valence electrons. The molecule has 0 radical (unpaired) electrons. The van der Waals surface area contributed by atoms with Gasteiger partial charge in [0.15, 0.2) is 0 Å². The summed E-state index contributed by atoms with van der Waals surface area (Å²) in [7, 11) is 0. The molecule has 0 unspecified atom stereocenters. The summed E-state index contributed by atoms with van der Waals surface area (Å²) in [6, 6.07) is 0. The molecular weight excluding hydrogens is 222 g/mol. The van der Waals surface area contributed by atoms with Gasteiger partial charge in [-0.2, -0.15) is 0 Å². The van der Waals surface area contributed by atoms with Crippen molar-refractivity contribution in [2.75, 3.05) is 11.9 Å². The second-order valence-electron chi connectivity index (χ2n) is 3.57. The Balaban J connectivity index is 2.11. The summed E-state index contributed by atoms with van der Waals surface area (Å²) in [4.78, 5) is 4.26. The zero-order valence-corrected chi connectivity index (χ0v) is 10.5. The maximum absolute atomic E-state index is 4.26. The van der Waals surface area contributed by atoms with Gasteiger partial charge in [0.25, 0.3) is 0 Å². The number of aromatic nitrogens is 4. The second-order valence-corrected chi connectivity index (χ2v) is 4.64. The Hall–Kier alpha value is -1.43. The number of imidazole rings is 1. The third-order valence-corrected chi connectivity index (χ3v) is 3.31. The van der Waals surface area contributed by atoms with E-state index in [2.05, 4.69) is 32.0 Å². The van der Waals surface area contributed by atoms with Crippen molar-refractivity contribution >= 4 is 16.5 Å². The normalized spacial score (nSPS) is 10.7. The van der Waals surface area contributed by atoms with Gasteiger partial charge in [-0.1, -0.05) is 11.3 Å². The van der Waals surface area contributed by atoms with Gasteiger partial charge in [0, 0.05) is 12.2 Å². The van der Waals surface area contributed by atoms with E-state index in [9.17, 15) is 0 Å². The van der Waals surface area contributed by atoms with Crippen LogP contribution in [0.1, 0.15) is 23.3 Å². The fourth-order valence-corrected chi connectivity index (χ4v) is 2.20. The van der Waals surface area contributed by atoms with Gasteiger partial charge in [0.2, 0.25) is 5.13 Å². The number of anilines is 1. The predicted octanol–water partition coefficient (Wildman–Crippen LogP) is 1.83. The van der Waals surface area contributed by atoms with Crippen molar-refractivity contribution in [1.29, 1.82) is 0 Å². The number of aryl methyl sites for hydroxylation is 1. The van der Waals surface area contributed by atoms with E-state index in [0.717, 1.165) is 28.9 Å². The molecule has 2 aromatic rings. The Morgan fingerprint density at radius 1 is 1.38 bits per heavy atom. The van der Waals surface area contributed by atoms with Crippen molar-refractivity contribution in [2.24, 2.45) is 0 Å². The lowest BCUT2D eigenvalue weighted by atomic mass is 10.4. The summed E-state index contributed by atoms with van der Waals surface area (Å²) in [6.45, 7) is 7.74. The number of nitrogens with one attached hydrogen (secondary N) is 1. The van der Waals surface area contributed by atoms with Gasteiger partial charge in [-0.25, -0.2) is 4.98 Å². The van der Waals surface area contributed by atoms with E-state index < -0.39 is 0 Å². The molecule has 16 heavy (non-hydrogen) atoms. The van der Waals surface area contributed by atoms with Crippen molar-refractivity contribution < 1.29 is 0 Å². The predicted molar refractivity (Wildman–Crippen MR) is 64.9 cm³/mol. The molecule has 0 spiro atoms. The van der Waals surface area contributed by atoms with Crippen LogP contribution in [0.5, 0.6) is 0 Å². The average molecular weight is 237 g/mol. The SMILES string of the molecule is CCNc1nnc(Cn2cnc(C)c2C)s1. The van der Waals surface area contributed by atoms with Crippen LogP contribution >= 0.6 is 11.3 Å². The van der Waals surface area contributed by atoms with Crippen LogP contribution in [0, 0.1) is 13.8 Å². The molecule has 0 amide bonds. The molecule has 0 aliphatic heterocycles. The second kappa shape index (κ2) is 4.61. The first-order chi connectivity index (χ1) is 7.70. The fourth-order valence-electron chi connectivity index (χ4n) is 1.39. The van der Waals surface area contributed by atoms with E-state index in [0.29, 0.717) is 0 Å². The molecule has 0 saturated carbocycles. The molecule has 5 nitrogen and oxygen atoms in total. The molecule has 0 atom stereocenters. The minimum Gasteiger partial charge on any atom is -0.360 e. The zero-order valence-electron chi connectivity index (χ0n) is 9.69. The van der Waals surface area contributed by atoms with Crippen LogP contribution in [0.15, 0.2) is 6.33 Å². The van der Waals surface area contributed by atoms with Crippen molar-refractivity contribution in [3.8, 4) is 0 Å². The summed E-state index contributed by atoms with van der Waals surface area (Å²) in [5, 5.41) is 13.2. The highest BCUT2D eigenvalue weighted by Crippen LogP contribution is 2.17. The molecule has 1 N–H and O–H groups in total. The van der Waals surface area contributed by atoms with Crippen LogP contribution in [0.4, 0.5) is 5.13 Å². The number of hydrogen-bond donors (Lipinski definition) is 1. The van der Waals surface area contributed by atoms with Crippen LogP contribution in [0.2, 0.25) is 0 Å². The molecule has 0 fully saturated rings. The monoisotopic (exact) mass is 237 g/mol. The van der Waals surface area contributed by atoms with Gasteiger partial charge in [-0.05, 0) is 20.8 Å². The number of nitrogens with zero attached hydrogens (tertiary/aromatic N) is 4. The lowest BCUT2D eigenvalue weighted by Gasteiger charge is -2.00. The molecule has 6 heteroatoms. The maximum Gasteiger partial charge on any atom is 0.205 e. The van der Waals surface area contributed by atoms with Gasteiger partial charge >= 0.3 is 0 Å². The fraction of sp³-hybridized carbons (Fsp3) is 0.500. The summed E-state index contributed by atoms with van der Waals surface area (Å²) in [5.41, 5.74) is 2.25. The first kappa shape index (κ1) is 11.1. The van der Waals surface area contributed by atoms with E-state index >= 15 is 0 Å². The van der Waals surface area contributed by atoms with Crippen LogP contribution in [-0.4, -0.2) is 26.3 Å². The van der Waals surface area contributed by atoms with Crippen molar-refractivity contribution in [3.05, 3.63) is 22.7 Å². The smallest absolute Gasteiger partial charge is 0.205 e. The molecule has 0 aliphatic carbocycles. The van der Waals surface area contributed by atoms with E-state index in [-0.39, 0.29) is 0 Å². The van der Waals surface area contributed by atoms with Gasteiger partial charge < -0.3 is 9.88 Å². The van der Waals surface area contributed by atoms with E-state index in [1.807, 2.05) is 20.2 Å². The summed E-state index contributed by atoms with van der Waals surface area (Å²) < 4.78 is 2.09. The summed E-state index contributed by atoms with van der Waals surface area (Å²) >= 11 is 1.59. The lowest BCUT2D eigenvalue weighted by Crippen LogP contribution is -2.00. The third-order valence-electron chi connectivity index (χ3n) is 2.45. The van der Waals surface area contributed by atoms with Crippen molar-refractivity contribution in [1.82, 2.24) is 19.7 Å². The van der Waals surface area contributed by atoms with Gasteiger partial charge in [0.1, 0.15) is 5.01 Å². The Morgan fingerprint density at radius 3 is 2.81 bits per heavy atom. The Morgan fingerprint density at radius 2 is 2.19 bits per heavy atom. The highest BCUT2D eigenvalue weighted by atomic mass is 32.1. The minimum atomic E-state index is 0.746. The van der Waals surface area contributed by atoms with Gasteiger partial charge in [0.05, 0.1) is 18.6 Å². The van der Waals surface area contributed by atoms with E-state index in [1.165, 1.54) is 5.69 Å². The first-order valence-corrected chi connectivity index (χ1v) is 6.07. The number of hydrogen-bond acceptors (Lipinski definition) is 5. The number of rotatable bonds is 4. The largest absolute Gasteiger partial charge is 0.360 e. The van der Waals surface area contributed by atoms with Crippen LogP contribution < -0.4 is 5.32 Å². The molecule has 0 aromatic carbocycles. The molecule has 2 rings (SSSR count). The molecule has 2 aromatic heterocycles. The molecule has 0 bridgehead atoms. The lowest BCUT2D eigenvalue weighted by molar-refractivity contribution is 0.752. The molecule has 0 aliphatic rings. The third kappa shape index (κ3) is 2.21.